The molecule has 0 bridgehead atoms. The van der Waals surface area contributed by atoms with Crippen molar-refractivity contribution in [2.75, 3.05) is 13.1 Å². The van der Waals surface area contributed by atoms with Crippen molar-refractivity contribution < 1.29 is 18.4 Å². The number of nitrogens with one attached hydrogen (secondary N) is 1. The van der Waals surface area contributed by atoms with E-state index in [0.29, 0.717) is 31.6 Å². The zero-order chi connectivity index (χ0) is 22.8. The predicted octanol–water partition coefficient (Wildman–Crippen LogP) is 2.62. The van der Waals surface area contributed by atoms with E-state index in [1.165, 1.54) is 34.0 Å². The second-order valence-corrected chi connectivity index (χ2v) is 7.83. The molecule has 0 unspecified atom stereocenters. The summed E-state index contributed by atoms with van der Waals surface area (Å²) in [5, 5.41) is 7.10. The molecule has 0 spiro atoms. The van der Waals surface area contributed by atoms with Gasteiger partial charge in [-0.15, -0.1) is 0 Å². The topological polar surface area (TPSA) is 97.4 Å². The van der Waals surface area contributed by atoms with Gasteiger partial charge in [-0.3, -0.25) is 14.4 Å². The number of furan rings is 1. The predicted molar refractivity (Wildman–Crippen MR) is 114 cm³/mol. The summed E-state index contributed by atoms with van der Waals surface area (Å²) >= 11 is 0. The number of carbonyl (C=O) groups excluding carboxylic acids is 2. The fourth-order valence-corrected chi connectivity index (χ4v) is 3.80. The van der Waals surface area contributed by atoms with Crippen LogP contribution in [-0.4, -0.2) is 45.6 Å². The van der Waals surface area contributed by atoms with Crippen LogP contribution in [-0.2, 0) is 0 Å². The summed E-state index contributed by atoms with van der Waals surface area (Å²) in [5.74, 6) is -1.02. The van der Waals surface area contributed by atoms with Crippen LogP contribution in [0, 0.1) is 19.7 Å². The quantitative estimate of drug-likeness (QED) is 0.675. The number of aromatic nitrogens is 2. The molecule has 1 N–H and O–H groups in total. The van der Waals surface area contributed by atoms with Gasteiger partial charge in [-0.1, -0.05) is 12.1 Å². The number of rotatable bonds is 4. The average molecular weight is 438 g/mol. The van der Waals surface area contributed by atoms with Gasteiger partial charge in [0.15, 0.2) is 11.5 Å². The minimum Gasteiger partial charge on any atom is -0.459 e. The van der Waals surface area contributed by atoms with E-state index >= 15 is 0 Å². The van der Waals surface area contributed by atoms with Crippen molar-refractivity contribution in [2.45, 2.75) is 32.7 Å². The molecule has 3 heterocycles. The number of nitrogens with zero attached hydrogens (tertiary/aromatic N) is 3. The first-order valence-corrected chi connectivity index (χ1v) is 10.3. The van der Waals surface area contributed by atoms with E-state index in [4.69, 9.17) is 4.42 Å². The zero-order valence-electron chi connectivity index (χ0n) is 17.8. The molecule has 1 fully saturated rings. The van der Waals surface area contributed by atoms with Crippen LogP contribution >= 0.6 is 0 Å². The first-order valence-electron chi connectivity index (χ1n) is 10.3. The van der Waals surface area contributed by atoms with Gasteiger partial charge in [-0.05, 0) is 44.9 Å². The summed E-state index contributed by atoms with van der Waals surface area (Å²) in [6, 6.07) is 8.92. The van der Waals surface area contributed by atoms with Gasteiger partial charge in [0.2, 0.25) is 5.43 Å². The maximum Gasteiger partial charge on any atom is 0.287 e. The molecule has 9 heteroatoms. The number of amides is 2. The van der Waals surface area contributed by atoms with Crippen LogP contribution in [0.5, 0.6) is 0 Å². The number of aryl methyl sites for hydroxylation is 2. The third-order valence-electron chi connectivity index (χ3n) is 5.58. The van der Waals surface area contributed by atoms with Crippen LogP contribution in [0.2, 0.25) is 0 Å². The average Bonchev–Trinajstić information content (AvgIpc) is 3.21. The highest BCUT2D eigenvalue weighted by molar-refractivity contribution is 5.93. The minimum atomic E-state index is -0.510. The summed E-state index contributed by atoms with van der Waals surface area (Å²) in [4.78, 5) is 39.4. The number of para-hydroxylation sites is 1. The third kappa shape index (κ3) is 4.18. The summed E-state index contributed by atoms with van der Waals surface area (Å²) < 4.78 is 20.7. The molecule has 2 amide bonds. The molecule has 4 rings (SSSR count). The van der Waals surface area contributed by atoms with Crippen molar-refractivity contribution >= 4 is 11.8 Å². The van der Waals surface area contributed by atoms with E-state index in [0.717, 1.165) is 5.56 Å². The Morgan fingerprint density at radius 2 is 1.88 bits per heavy atom. The highest BCUT2D eigenvalue weighted by Crippen LogP contribution is 2.16. The van der Waals surface area contributed by atoms with Crippen LogP contribution in [0.4, 0.5) is 4.39 Å². The van der Waals surface area contributed by atoms with E-state index in [9.17, 15) is 18.8 Å². The Kier molecular flexibility index (Phi) is 5.89. The van der Waals surface area contributed by atoms with Gasteiger partial charge in [0, 0.05) is 36.5 Å². The van der Waals surface area contributed by atoms with Crippen molar-refractivity contribution in [3.05, 3.63) is 81.4 Å². The van der Waals surface area contributed by atoms with Crippen LogP contribution in [0.15, 0.2) is 51.9 Å². The van der Waals surface area contributed by atoms with Gasteiger partial charge >= 0.3 is 0 Å². The lowest BCUT2D eigenvalue weighted by Gasteiger charge is -2.32. The molecular weight excluding hydrogens is 415 g/mol. The molecule has 166 valence electrons. The highest BCUT2D eigenvalue weighted by Gasteiger charge is 2.28. The zero-order valence-corrected chi connectivity index (χ0v) is 17.8. The van der Waals surface area contributed by atoms with Gasteiger partial charge in [-0.2, -0.15) is 5.10 Å². The second kappa shape index (κ2) is 8.78. The van der Waals surface area contributed by atoms with Crippen LogP contribution in [0.3, 0.4) is 0 Å². The highest BCUT2D eigenvalue weighted by atomic mass is 19.1. The van der Waals surface area contributed by atoms with Gasteiger partial charge in [0.05, 0.1) is 6.26 Å². The summed E-state index contributed by atoms with van der Waals surface area (Å²) in [5.41, 5.74) is 0.572. The first-order chi connectivity index (χ1) is 15.3. The molecule has 1 saturated heterocycles. The molecule has 0 aliphatic carbocycles. The van der Waals surface area contributed by atoms with Crippen molar-refractivity contribution in [3.8, 4) is 5.69 Å². The number of hydrogen-bond acceptors (Lipinski definition) is 5. The van der Waals surface area contributed by atoms with E-state index in [1.54, 1.807) is 32.0 Å². The fourth-order valence-electron chi connectivity index (χ4n) is 3.80. The van der Waals surface area contributed by atoms with Gasteiger partial charge in [-0.25, -0.2) is 9.07 Å². The summed E-state index contributed by atoms with van der Waals surface area (Å²) in [6.45, 7) is 4.14. The fraction of sp³-hybridized carbons (Fsp3) is 0.304. The molecule has 1 aliphatic heterocycles. The maximum atomic E-state index is 14.2. The summed E-state index contributed by atoms with van der Waals surface area (Å²) in [6.07, 6.45) is 2.53. The molecule has 1 aromatic carbocycles. The lowest BCUT2D eigenvalue weighted by atomic mass is 10.0. The second-order valence-electron chi connectivity index (χ2n) is 7.83. The van der Waals surface area contributed by atoms with E-state index in [2.05, 4.69) is 10.4 Å². The van der Waals surface area contributed by atoms with E-state index in [-0.39, 0.29) is 29.1 Å². The molecule has 2 aromatic heterocycles. The van der Waals surface area contributed by atoms with Crippen molar-refractivity contribution in [2.24, 2.45) is 0 Å². The van der Waals surface area contributed by atoms with Crippen molar-refractivity contribution in [1.82, 2.24) is 20.0 Å². The van der Waals surface area contributed by atoms with Gasteiger partial charge in [0.25, 0.3) is 11.8 Å². The number of halogens is 1. The minimum absolute atomic E-state index is 0.114. The van der Waals surface area contributed by atoms with Crippen molar-refractivity contribution in [1.29, 1.82) is 0 Å². The number of carbonyl (C=O) groups is 2. The SMILES string of the molecule is Cc1ccoc1C(=O)NC1CCN(C(=O)c2nn(-c3ccccc3F)c(C)cc2=O)CC1. The monoisotopic (exact) mass is 438 g/mol. The molecule has 1 aliphatic rings. The molecular formula is C23H23FN4O4. The number of hydrogen-bond donors (Lipinski definition) is 1. The molecule has 0 radical (unpaired) electrons. The normalized spacial score (nSPS) is 14.4. The van der Waals surface area contributed by atoms with Crippen LogP contribution in [0.1, 0.15) is 45.1 Å². The van der Waals surface area contributed by atoms with E-state index < -0.39 is 17.2 Å². The molecule has 32 heavy (non-hydrogen) atoms. The molecule has 8 nitrogen and oxygen atoms in total. The lowest BCUT2D eigenvalue weighted by molar-refractivity contribution is 0.0686. The first kappa shape index (κ1) is 21.5. The summed E-state index contributed by atoms with van der Waals surface area (Å²) in [7, 11) is 0. The molecule has 3 aromatic rings. The van der Waals surface area contributed by atoms with Gasteiger partial charge in [0.1, 0.15) is 11.5 Å². The Bertz CT molecular complexity index is 1220. The smallest absolute Gasteiger partial charge is 0.287 e. The van der Waals surface area contributed by atoms with Crippen LogP contribution in [0.25, 0.3) is 5.69 Å². The Hall–Kier alpha value is -3.75. The Morgan fingerprint density at radius 3 is 2.53 bits per heavy atom. The van der Waals surface area contributed by atoms with Gasteiger partial charge < -0.3 is 14.6 Å². The lowest BCUT2D eigenvalue weighted by Crippen LogP contribution is -2.47. The number of benzene rings is 1. The van der Waals surface area contributed by atoms with E-state index in [1.807, 2.05) is 0 Å². The molecule has 0 saturated carbocycles. The number of piperidine rings is 1. The standard InChI is InChI=1S/C23H23FN4O4/c1-14-9-12-32-21(14)22(30)25-16-7-10-27(11-8-16)23(31)20-19(29)13-15(2)28(26-20)18-6-4-3-5-17(18)24/h3-6,9,12-13,16H,7-8,10-11H2,1-2H3,(H,25,30). The Morgan fingerprint density at radius 1 is 1.16 bits per heavy atom. The maximum absolute atomic E-state index is 14.2. The number of likely N-dealkylation sites (tertiary alicyclic amines) is 1. The van der Waals surface area contributed by atoms with Crippen LogP contribution < -0.4 is 10.7 Å². The third-order valence-corrected chi connectivity index (χ3v) is 5.58. The Balaban J connectivity index is 1.47. The van der Waals surface area contributed by atoms with Crippen molar-refractivity contribution in [3.63, 3.8) is 0 Å². The molecule has 0 atom stereocenters. The Labute approximate surface area is 183 Å². The largest absolute Gasteiger partial charge is 0.459 e.